The number of nitrogens with zero attached hydrogens (tertiary/aromatic N) is 1. The highest BCUT2D eigenvalue weighted by atomic mass is 19.4. The topological polar surface area (TPSA) is 49.4 Å². The van der Waals surface area contributed by atoms with Crippen molar-refractivity contribution in [3.8, 4) is 0 Å². The van der Waals surface area contributed by atoms with Crippen molar-refractivity contribution in [3.05, 3.63) is 41.5 Å². The number of hydrogen-bond donors (Lipinski definition) is 1. The Balaban J connectivity index is 1.48. The molecule has 1 aliphatic heterocycles. The molecule has 1 aromatic rings. The lowest BCUT2D eigenvalue weighted by Crippen LogP contribution is -2.61. The summed E-state index contributed by atoms with van der Waals surface area (Å²) >= 11 is 0. The molecule has 0 saturated heterocycles. The standard InChI is InChI=1S/C28H35F3N2O2/c1-4-33-23-11-10-19-21-9-6-13-26(21,2)14-12-22(19)27(23,3)16-20(25(33)35)24(34)32-18-8-5-7-17(15-18)28(29,30)31/h5,7-8,15-16,19,21-23H,4,6,9-14H2,1-3H3,(H,32,34)/t19-,21-,22+,23?,26-,27+/m0/s1. The fraction of sp³-hybridized carbons (Fsp3) is 0.643. The van der Waals surface area contributed by atoms with Crippen molar-refractivity contribution in [1.29, 1.82) is 0 Å². The summed E-state index contributed by atoms with van der Waals surface area (Å²) in [6.45, 7) is 7.10. The number of amides is 2. The molecule has 0 radical (unpaired) electrons. The van der Waals surface area contributed by atoms with Crippen LogP contribution in [0.2, 0.25) is 0 Å². The molecule has 4 aliphatic rings. The summed E-state index contributed by atoms with van der Waals surface area (Å²) in [6, 6.07) is 4.61. The van der Waals surface area contributed by atoms with E-state index in [-0.39, 0.29) is 28.6 Å². The number of carbonyl (C=O) groups excluding carboxylic acids is 2. The highest BCUT2D eigenvalue weighted by Crippen LogP contribution is 2.64. The largest absolute Gasteiger partial charge is 0.416 e. The van der Waals surface area contributed by atoms with Gasteiger partial charge in [-0.3, -0.25) is 9.59 Å². The first-order valence-corrected chi connectivity index (χ1v) is 13.0. The number of fused-ring (bicyclic) bond motifs is 5. The van der Waals surface area contributed by atoms with Gasteiger partial charge in [-0.15, -0.1) is 0 Å². The molecule has 7 heteroatoms. The zero-order valence-electron chi connectivity index (χ0n) is 20.8. The molecule has 2 amide bonds. The van der Waals surface area contributed by atoms with Gasteiger partial charge < -0.3 is 10.2 Å². The average molecular weight is 489 g/mol. The number of likely N-dealkylation sites (N-methyl/N-ethyl adjacent to an activating group) is 1. The maximum Gasteiger partial charge on any atom is 0.416 e. The molecule has 0 spiro atoms. The van der Waals surface area contributed by atoms with Crippen molar-refractivity contribution in [1.82, 2.24) is 4.90 Å². The molecule has 1 N–H and O–H groups in total. The maximum absolute atomic E-state index is 13.4. The molecule has 1 aromatic carbocycles. The minimum atomic E-state index is -4.51. The molecule has 3 fully saturated rings. The first kappa shape index (κ1) is 24.4. The van der Waals surface area contributed by atoms with Crippen LogP contribution in [-0.4, -0.2) is 29.3 Å². The summed E-state index contributed by atoms with van der Waals surface area (Å²) in [6.07, 6.45) is 5.55. The number of nitrogens with one attached hydrogen (secondary N) is 1. The van der Waals surface area contributed by atoms with E-state index in [9.17, 15) is 22.8 Å². The Labute approximate surface area is 205 Å². The van der Waals surface area contributed by atoms with Gasteiger partial charge in [0, 0.05) is 23.7 Å². The van der Waals surface area contributed by atoms with Gasteiger partial charge in [0.2, 0.25) is 0 Å². The van der Waals surface area contributed by atoms with Crippen LogP contribution in [0.25, 0.3) is 0 Å². The van der Waals surface area contributed by atoms with E-state index in [2.05, 4.69) is 19.2 Å². The van der Waals surface area contributed by atoms with Crippen molar-refractivity contribution in [2.75, 3.05) is 11.9 Å². The second-order valence-electron chi connectivity index (χ2n) is 11.6. The van der Waals surface area contributed by atoms with Crippen LogP contribution in [0, 0.1) is 28.6 Å². The molecule has 1 heterocycles. The predicted molar refractivity (Wildman–Crippen MR) is 128 cm³/mol. The number of alkyl halides is 3. The fourth-order valence-corrected chi connectivity index (χ4v) is 8.23. The highest BCUT2D eigenvalue weighted by molar-refractivity contribution is 6.23. The van der Waals surface area contributed by atoms with Gasteiger partial charge in [0.1, 0.15) is 5.57 Å². The molecule has 0 aromatic heterocycles. The zero-order chi connectivity index (χ0) is 25.2. The maximum atomic E-state index is 13.4. The van der Waals surface area contributed by atoms with Crippen LogP contribution in [0.1, 0.15) is 71.3 Å². The number of hydrogen-bond acceptors (Lipinski definition) is 2. The Morgan fingerprint density at radius 2 is 1.89 bits per heavy atom. The molecule has 1 unspecified atom stereocenters. The molecule has 3 aliphatic carbocycles. The molecular formula is C28H35F3N2O2. The Morgan fingerprint density at radius 1 is 1.11 bits per heavy atom. The number of carbonyl (C=O) groups is 2. The molecule has 190 valence electrons. The van der Waals surface area contributed by atoms with Gasteiger partial charge >= 0.3 is 6.18 Å². The highest BCUT2D eigenvalue weighted by Gasteiger charge is 2.59. The predicted octanol–water partition coefficient (Wildman–Crippen LogP) is 6.43. The molecular weight excluding hydrogens is 453 g/mol. The van der Waals surface area contributed by atoms with Crippen LogP contribution >= 0.6 is 0 Å². The molecule has 5 rings (SSSR count). The van der Waals surface area contributed by atoms with Crippen LogP contribution in [0.5, 0.6) is 0 Å². The number of rotatable bonds is 3. The molecule has 35 heavy (non-hydrogen) atoms. The number of anilines is 1. The summed E-state index contributed by atoms with van der Waals surface area (Å²) in [5, 5.41) is 2.57. The van der Waals surface area contributed by atoms with Crippen molar-refractivity contribution < 1.29 is 22.8 Å². The first-order valence-electron chi connectivity index (χ1n) is 13.0. The molecule has 3 saturated carbocycles. The summed E-state index contributed by atoms with van der Waals surface area (Å²) in [4.78, 5) is 28.6. The molecule has 4 nitrogen and oxygen atoms in total. The minimum Gasteiger partial charge on any atom is -0.335 e. The third-order valence-corrected chi connectivity index (χ3v) is 9.86. The van der Waals surface area contributed by atoms with E-state index in [1.54, 1.807) is 0 Å². The Morgan fingerprint density at radius 3 is 2.60 bits per heavy atom. The average Bonchev–Trinajstić information content (AvgIpc) is 3.20. The summed E-state index contributed by atoms with van der Waals surface area (Å²) in [5.41, 5.74) is -0.652. The Kier molecular flexibility index (Phi) is 5.84. The third-order valence-electron chi connectivity index (χ3n) is 9.86. The van der Waals surface area contributed by atoms with Crippen molar-refractivity contribution >= 4 is 17.5 Å². The monoisotopic (exact) mass is 488 g/mol. The summed E-state index contributed by atoms with van der Waals surface area (Å²) < 4.78 is 39.4. The number of benzene rings is 1. The van der Waals surface area contributed by atoms with E-state index in [1.165, 1.54) is 37.8 Å². The van der Waals surface area contributed by atoms with Crippen molar-refractivity contribution in [3.63, 3.8) is 0 Å². The van der Waals surface area contributed by atoms with Gasteiger partial charge in [0.15, 0.2) is 0 Å². The van der Waals surface area contributed by atoms with Gasteiger partial charge in [0.25, 0.3) is 11.8 Å². The number of halogens is 3. The quantitative estimate of drug-likeness (QED) is 0.498. The molecule has 0 bridgehead atoms. The lowest BCUT2D eigenvalue weighted by atomic mass is 9.48. The van der Waals surface area contributed by atoms with E-state index in [1.807, 2.05) is 17.9 Å². The van der Waals surface area contributed by atoms with Gasteiger partial charge in [-0.1, -0.05) is 32.4 Å². The fourth-order valence-electron chi connectivity index (χ4n) is 8.23. The minimum absolute atomic E-state index is 0.0368. The normalized spacial score (nSPS) is 36.7. The first-order chi connectivity index (χ1) is 16.5. The van der Waals surface area contributed by atoms with Crippen molar-refractivity contribution in [2.24, 2.45) is 28.6 Å². The van der Waals surface area contributed by atoms with Crippen LogP contribution in [0.3, 0.4) is 0 Å². The van der Waals surface area contributed by atoms with E-state index in [0.29, 0.717) is 29.7 Å². The molecule has 6 atom stereocenters. The summed E-state index contributed by atoms with van der Waals surface area (Å²) in [7, 11) is 0. The zero-order valence-corrected chi connectivity index (χ0v) is 20.8. The van der Waals surface area contributed by atoms with Gasteiger partial charge in [0.05, 0.1) is 5.56 Å². The lowest BCUT2D eigenvalue weighted by molar-refractivity contribution is -0.143. The van der Waals surface area contributed by atoms with Crippen LogP contribution in [0.15, 0.2) is 35.9 Å². The second kappa shape index (κ2) is 8.38. The van der Waals surface area contributed by atoms with E-state index in [4.69, 9.17) is 0 Å². The smallest absolute Gasteiger partial charge is 0.335 e. The van der Waals surface area contributed by atoms with Crippen LogP contribution in [-0.2, 0) is 15.8 Å². The van der Waals surface area contributed by atoms with Crippen LogP contribution in [0.4, 0.5) is 18.9 Å². The Bertz CT molecular complexity index is 1070. The van der Waals surface area contributed by atoms with Gasteiger partial charge in [-0.25, -0.2) is 0 Å². The van der Waals surface area contributed by atoms with E-state index >= 15 is 0 Å². The second-order valence-corrected chi connectivity index (χ2v) is 11.6. The Hall–Kier alpha value is -2.31. The van der Waals surface area contributed by atoms with Gasteiger partial charge in [-0.05, 0) is 86.8 Å². The van der Waals surface area contributed by atoms with Crippen molar-refractivity contribution in [2.45, 2.75) is 77.9 Å². The third kappa shape index (κ3) is 3.89. The SMILES string of the molecule is CCN1C(=O)C(C(=O)Nc2cccc(C(F)(F)F)c2)=C[C@@]2(C)C1CC[C@@H]1[C@H]2CC[C@]2(C)CCC[C@@H]12. The van der Waals surface area contributed by atoms with E-state index < -0.39 is 17.6 Å². The van der Waals surface area contributed by atoms with E-state index in [0.717, 1.165) is 31.4 Å². The van der Waals surface area contributed by atoms with Gasteiger partial charge in [-0.2, -0.15) is 13.2 Å². The lowest BCUT2D eigenvalue weighted by Gasteiger charge is -2.60. The summed E-state index contributed by atoms with van der Waals surface area (Å²) in [5.74, 6) is 0.738. The van der Waals surface area contributed by atoms with Crippen LogP contribution < -0.4 is 5.32 Å².